The van der Waals surface area contributed by atoms with Gasteiger partial charge < -0.3 is 0 Å². The van der Waals surface area contributed by atoms with Crippen LogP contribution in [0, 0.1) is 11.8 Å². The zero-order chi connectivity index (χ0) is 8.84. The molecule has 1 saturated heterocycles. The molecule has 72 valence electrons. The Kier molecular flexibility index (Phi) is 1.89. The number of ketones is 1. The van der Waals surface area contributed by atoms with E-state index in [0.29, 0.717) is 29.7 Å². The van der Waals surface area contributed by atoms with Crippen LogP contribution in [0.5, 0.6) is 0 Å². The van der Waals surface area contributed by atoms with E-state index in [2.05, 4.69) is 9.44 Å². The van der Waals surface area contributed by atoms with Gasteiger partial charge in [0.25, 0.3) is 0 Å². The lowest BCUT2D eigenvalue weighted by Gasteiger charge is -2.26. The second-order valence-electron chi connectivity index (χ2n) is 4.35. The van der Waals surface area contributed by atoms with Crippen molar-refractivity contribution in [1.82, 2.24) is 9.44 Å². The third kappa shape index (κ3) is 1.16. The molecule has 0 aromatic carbocycles. The van der Waals surface area contributed by atoms with Crippen LogP contribution < -0.4 is 9.44 Å². The second-order valence-corrected chi connectivity index (χ2v) is 5.03. The Balaban J connectivity index is 1.86. The lowest BCUT2D eigenvalue weighted by Crippen LogP contribution is -2.39. The first kappa shape index (κ1) is 8.26. The van der Waals surface area contributed by atoms with Gasteiger partial charge in [0, 0.05) is 36.6 Å². The molecule has 0 aromatic heterocycles. The fourth-order valence-electron chi connectivity index (χ4n) is 3.08. The van der Waals surface area contributed by atoms with Gasteiger partial charge >= 0.3 is 0 Å². The van der Waals surface area contributed by atoms with E-state index in [9.17, 15) is 4.79 Å². The molecule has 0 amide bonds. The van der Waals surface area contributed by atoms with Crippen LogP contribution in [-0.4, -0.2) is 17.9 Å². The molecule has 13 heavy (non-hydrogen) atoms. The van der Waals surface area contributed by atoms with E-state index < -0.39 is 0 Å². The second kappa shape index (κ2) is 2.97. The molecule has 0 aromatic rings. The molecule has 2 N–H and O–H groups in total. The lowest BCUT2D eigenvalue weighted by molar-refractivity contribution is -0.126. The zero-order valence-corrected chi connectivity index (χ0v) is 8.27. The first-order valence-electron chi connectivity index (χ1n) is 5.06. The first-order valence-corrected chi connectivity index (χ1v) is 5.87. The number of rotatable bonds is 0. The average Bonchev–Trinajstić information content (AvgIpc) is 2.62. The SMILES string of the molecule is O=C1CCCC2CC3NSNC3C12. The van der Waals surface area contributed by atoms with Gasteiger partial charge in [-0.25, -0.2) is 9.44 Å². The maximum absolute atomic E-state index is 11.7. The van der Waals surface area contributed by atoms with Gasteiger partial charge in [0.2, 0.25) is 0 Å². The maximum atomic E-state index is 11.7. The van der Waals surface area contributed by atoms with Crippen molar-refractivity contribution in [3.05, 3.63) is 0 Å². The summed E-state index contributed by atoms with van der Waals surface area (Å²) in [6, 6.07) is 0.963. The van der Waals surface area contributed by atoms with Crippen LogP contribution in [0.15, 0.2) is 0 Å². The van der Waals surface area contributed by atoms with E-state index in [1.807, 2.05) is 0 Å². The lowest BCUT2D eigenvalue weighted by atomic mass is 9.79. The minimum Gasteiger partial charge on any atom is -0.299 e. The number of hydrogen-bond acceptors (Lipinski definition) is 4. The normalized spacial score (nSPS) is 49.1. The molecule has 4 unspecified atom stereocenters. The highest BCUT2D eigenvalue weighted by Gasteiger charge is 2.50. The molecule has 3 fully saturated rings. The fraction of sp³-hybridized carbons (Fsp3) is 0.889. The van der Waals surface area contributed by atoms with Gasteiger partial charge in [0.05, 0.1) is 0 Å². The molecular formula is C9H14N2OS. The van der Waals surface area contributed by atoms with Crippen molar-refractivity contribution in [2.45, 2.75) is 37.8 Å². The molecule has 4 heteroatoms. The van der Waals surface area contributed by atoms with Gasteiger partial charge in [-0.05, 0) is 25.2 Å². The van der Waals surface area contributed by atoms with Crippen LogP contribution >= 0.6 is 12.1 Å². The van der Waals surface area contributed by atoms with Crippen LogP contribution in [0.4, 0.5) is 0 Å². The molecule has 0 bridgehead atoms. The van der Waals surface area contributed by atoms with Crippen molar-refractivity contribution >= 4 is 17.9 Å². The minimum absolute atomic E-state index is 0.321. The van der Waals surface area contributed by atoms with Gasteiger partial charge in [-0.3, -0.25) is 4.79 Å². The third-order valence-electron chi connectivity index (χ3n) is 3.66. The summed E-state index contributed by atoms with van der Waals surface area (Å²) in [7, 11) is 0. The summed E-state index contributed by atoms with van der Waals surface area (Å²) >= 11 is 1.57. The summed E-state index contributed by atoms with van der Waals surface area (Å²) in [5.41, 5.74) is 0. The van der Waals surface area contributed by atoms with Crippen LogP contribution in [0.3, 0.4) is 0 Å². The summed E-state index contributed by atoms with van der Waals surface area (Å²) in [5.74, 6) is 1.49. The van der Waals surface area contributed by atoms with E-state index in [1.165, 1.54) is 12.8 Å². The van der Waals surface area contributed by atoms with Gasteiger partial charge in [-0.2, -0.15) is 0 Å². The topological polar surface area (TPSA) is 41.1 Å². The van der Waals surface area contributed by atoms with Gasteiger partial charge in [0.1, 0.15) is 5.78 Å². The predicted octanol–water partition coefficient (Wildman–Crippen LogP) is 0.869. The highest BCUT2D eigenvalue weighted by Crippen LogP contribution is 2.43. The first-order chi connectivity index (χ1) is 6.36. The number of hydrogen-bond donors (Lipinski definition) is 2. The Bertz CT molecular complexity index is 246. The molecule has 0 radical (unpaired) electrons. The maximum Gasteiger partial charge on any atom is 0.137 e. The van der Waals surface area contributed by atoms with Gasteiger partial charge in [-0.1, -0.05) is 0 Å². The molecule has 4 atom stereocenters. The van der Waals surface area contributed by atoms with Crippen molar-refractivity contribution in [1.29, 1.82) is 0 Å². The monoisotopic (exact) mass is 198 g/mol. The van der Waals surface area contributed by atoms with E-state index in [1.54, 1.807) is 12.1 Å². The van der Waals surface area contributed by atoms with Crippen molar-refractivity contribution < 1.29 is 4.79 Å². The number of carbonyl (C=O) groups excluding carboxylic acids is 1. The molecule has 3 rings (SSSR count). The number of Topliss-reactive ketones (excluding diaryl/α,β-unsaturated/α-hetero) is 1. The van der Waals surface area contributed by atoms with Crippen LogP contribution in [0.2, 0.25) is 0 Å². The molecule has 1 heterocycles. The highest BCUT2D eigenvalue weighted by atomic mass is 32.2. The van der Waals surface area contributed by atoms with Crippen molar-refractivity contribution in [3.8, 4) is 0 Å². The quantitative estimate of drug-likeness (QED) is 0.567. The van der Waals surface area contributed by atoms with Crippen LogP contribution in [0.1, 0.15) is 25.7 Å². The molecule has 2 aliphatic carbocycles. The molecular weight excluding hydrogens is 184 g/mol. The third-order valence-corrected chi connectivity index (χ3v) is 4.47. The fourth-order valence-corrected chi connectivity index (χ4v) is 3.99. The van der Waals surface area contributed by atoms with Crippen molar-refractivity contribution in [3.63, 3.8) is 0 Å². The molecule has 3 aliphatic rings. The van der Waals surface area contributed by atoms with E-state index >= 15 is 0 Å². The summed E-state index contributed by atoms with van der Waals surface area (Å²) in [5, 5.41) is 0. The summed E-state index contributed by atoms with van der Waals surface area (Å²) < 4.78 is 6.68. The van der Waals surface area contributed by atoms with Crippen LogP contribution in [0.25, 0.3) is 0 Å². The van der Waals surface area contributed by atoms with E-state index in [-0.39, 0.29) is 0 Å². The number of fused-ring (bicyclic) bond motifs is 3. The van der Waals surface area contributed by atoms with Gasteiger partial charge in [-0.15, -0.1) is 0 Å². The smallest absolute Gasteiger partial charge is 0.137 e. The van der Waals surface area contributed by atoms with Crippen molar-refractivity contribution in [2.75, 3.05) is 0 Å². The van der Waals surface area contributed by atoms with E-state index in [4.69, 9.17) is 0 Å². The van der Waals surface area contributed by atoms with Crippen molar-refractivity contribution in [2.24, 2.45) is 11.8 Å². The summed E-state index contributed by atoms with van der Waals surface area (Å²) in [6.07, 6.45) is 4.39. The predicted molar refractivity (Wildman–Crippen MR) is 51.9 cm³/mol. The highest BCUT2D eigenvalue weighted by molar-refractivity contribution is 7.95. The Morgan fingerprint density at radius 2 is 2.31 bits per heavy atom. The molecule has 3 nitrogen and oxygen atoms in total. The number of nitrogens with one attached hydrogen (secondary N) is 2. The Morgan fingerprint density at radius 1 is 1.38 bits per heavy atom. The Hall–Kier alpha value is -0.0600. The molecule has 2 saturated carbocycles. The zero-order valence-electron chi connectivity index (χ0n) is 7.45. The summed E-state index contributed by atoms with van der Waals surface area (Å²) in [4.78, 5) is 11.7. The Labute approximate surface area is 82.3 Å². The number of carbonyl (C=O) groups is 1. The largest absolute Gasteiger partial charge is 0.299 e. The Morgan fingerprint density at radius 3 is 3.23 bits per heavy atom. The summed E-state index contributed by atoms with van der Waals surface area (Å²) in [6.45, 7) is 0. The van der Waals surface area contributed by atoms with Crippen LogP contribution in [-0.2, 0) is 4.79 Å². The van der Waals surface area contributed by atoms with Gasteiger partial charge in [0.15, 0.2) is 0 Å². The van der Waals surface area contributed by atoms with E-state index in [0.717, 1.165) is 12.8 Å². The average molecular weight is 198 g/mol. The molecule has 0 spiro atoms. The molecule has 1 aliphatic heterocycles. The standard InChI is InChI=1S/C9H14N2OS/c12-7-3-1-2-5-4-6-9(8(5)7)11-13-10-6/h5-6,8-11H,1-4H2. The minimum atomic E-state index is 0.321.